The van der Waals surface area contributed by atoms with Crippen molar-refractivity contribution in [3.8, 4) is 5.75 Å². The molecule has 0 saturated carbocycles. The van der Waals surface area contributed by atoms with E-state index in [0.717, 1.165) is 17.6 Å². The van der Waals surface area contributed by atoms with Gasteiger partial charge in [-0.1, -0.05) is 0 Å². The van der Waals surface area contributed by atoms with Gasteiger partial charge in [-0.3, -0.25) is 0 Å². The molecule has 2 heterocycles. The lowest BCUT2D eigenvalue weighted by molar-refractivity contribution is 0.120. The molecule has 0 radical (unpaired) electrons. The molecule has 0 bridgehead atoms. The number of fused-ring (bicyclic) bond motifs is 1. The van der Waals surface area contributed by atoms with Crippen molar-refractivity contribution in [2.24, 2.45) is 0 Å². The van der Waals surface area contributed by atoms with E-state index in [0.29, 0.717) is 30.3 Å². The molecule has 0 atom stereocenters. The summed E-state index contributed by atoms with van der Waals surface area (Å²) in [7, 11) is 0. The molecule has 1 saturated heterocycles. The number of phenolic OH excluding ortho intramolecular Hbond substituents is 1. The minimum absolute atomic E-state index is 0.131. The summed E-state index contributed by atoms with van der Waals surface area (Å²) in [5.41, 5.74) is 1.06. The predicted octanol–water partition coefficient (Wildman–Crippen LogP) is 2.13. The average molecular weight is 299 g/mol. The number of oxazole rings is 1. The minimum Gasteiger partial charge on any atom is -0.506 e. The number of rotatable bonds is 1. The van der Waals surface area contributed by atoms with Crippen LogP contribution in [0.2, 0.25) is 0 Å². The zero-order chi connectivity index (χ0) is 11.8. The number of anilines is 1. The third kappa shape index (κ3) is 1.87. The summed E-state index contributed by atoms with van der Waals surface area (Å²) in [5, 5.41) is 9.72. The highest BCUT2D eigenvalue weighted by Gasteiger charge is 2.19. The minimum atomic E-state index is 0.131. The van der Waals surface area contributed by atoms with Crippen molar-refractivity contribution in [1.29, 1.82) is 0 Å². The molecule has 0 amide bonds. The van der Waals surface area contributed by atoms with E-state index in [1.54, 1.807) is 12.1 Å². The van der Waals surface area contributed by atoms with Crippen LogP contribution in [0.3, 0.4) is 0 Å². The zero-order valence-corrected chi connectivity index (χ0v) is 10.6. The molecular weight excluding hydrogens is 288 g/mol. The second-order valence-electron chi connectivity index (χ2n) is 3.84. The van der Waals surface area contributed by atoms with Crippen molar-refractivity contribution in [1.82, 2.24) is 4.98 Å². The summed E-state index contributed by atoms with van der Waals surface area (Å²) in [6.07, 6.45) is 0. The van der Waals surface area contributed by atoms with Gasteiger partial charge >= 0.3 is 0 Å². The van der Waals surface area contributed by atoms with Crippen LogP contribution < -0.4 is 4.90 Å². The van der Waals surface area contributed by atoms with Gasteiger partial charge in [0, 0.05) is 13.1 Å². The Morgan fingerprint density at radius 3 is 2.76 bits per heavy atom. The van der Waals surface area contributed by atoms with Crippen molar-refractivity contribution >= 4 is 33.0 Å². The van der Waals surface area contributed by atoms with E-state index < -0.39 is 0 Å². The highest BCUT2D eigenvalue weighted by molar-refractivity contribution is 9.10. The Hall–Kier alpha value is -1.27. The van der Waals surface area contributed by atoms with Gasteiger partial charge in [-0.05, 0) is 28.1 Å². The fourth-order valence-electron chi connectivity index (χ4n) is 1.84. The molecule has 17 heavy (non-hydrogen) atoms. The number of halogens is 1. The normalized spacial score (nSPS) is 16.6. The largest absolute Gasteiger partial charge is 0.506 e. The molecule has 2 aromatic rings. The molecular formula is C11H11BrN2O3. The first-order chi connectivity index (χ1) is 8.25. The molecule has 0 spiro atoms. The summed E-state index contributed by atoms with van der Waals surface area (Å²) in [6.45, 7) is 2.86. The Bertz CT molecular complexity index is 510. The molecule has 0 aliphatic carbocycles. The van der Waals surface area contributed by atoms with E-state index in [1.165, 1.54) is 0 Å². The van der Waals surface area contributed by atoms with Crippen LogP contribution in [-0.4, -0.2) is 36.4 Å². The first-order valence-corrected chi connectivity index (χ1v) is 6.16. The number of hydrogen-bond donors (Lipinski definition) is 1. The third-order valence-corrected chi connectivity index (χ3v) is 3.37. The van der Waals surface area contributed by atoms with E-state index in [4.69, 9.17) is 9.15 Å². The average Bonchev–Trinajstić information content (AvgIpc) is 2.81. The Balaban J connectivity index is 2.06. The molecule has 90 valence electrons. The molecule has 1 aliphatic heterocycles. The summed E-state index contributed by atoms with van der Waals surface area (Å²) in [4.78, 5) is 6.33. The summed E-state index contributed by atoms with van der Waals surface area (Å²) < 4.78 is 11.7. The molecule has 5 nitrogen and oxygen atoms in total. The smallest absolute Gasteiger partial charge is 0.298 e. The molecule has 1 fully saturated rings. The summed E-state index contributed by atoms with van der Waals surface area (Å²) in [6, 6.07) is 3.87. The fourth-order valence-corrected chi connectivity index (χ4v) is 2.24. The highest BCUT2D eigenvalue weighted by atomic mass is 79.9. The maximum absolute atomic E-state index is 9.72. The van der Waals surface area contributed by atoms with Gasteiger partial charge in [0.2, 0.25) is 0 Å². The Labute approximate surface area is 106 Å². The first-order valence-electron chi connectivity index (χ1n) is 5.36. The summed E-state index contributed by atoms with van der Waals surface area (Å²) in [5.74, 6) is 0.131. The second kappa shape index (κ2) is 4.19. The number of aromatic hydroxyl groups is 1. The fraction of sp³-hybridized carbons (Fsp3) is 0.364. The number of nitrogens with zero attached hydrogens (tertiary/aromatic N) is 2. The van der Waals surface area contributed by atoms with Crippen LogP contribution >= 0.6 is 15.9 Å². The van der Waals surface area contributed by atoms with Crippen LogP contribution in [0, 0.1) is 0 Å². The lowest BCUT2D eigenvalue weighted by Gasteiger charge is -2.24. The van der Waals surface area contributed by atoms with Gasteiger partial charge in [0.05, 0.1) is 17.7 Å². The molecule has 1 aromatic carbocycles. The van der Waals surface area contributed by atoms with Crippen molar-refractivity contribution < 1.29 is 14.3 Å². The number of phenols is 1. The number of benzene rings is 1. The van der Waals surface area contributed by atoms with Crippen molar-refractivity contribution in [2.45, 2.75) is 0 Å². The van der Waals surface area contributed by atoms with Crippen LogP contribution in [0.15, 0.2) is 21.0 Å². The molecule has 1 N–H and O–H groups in total. The van der Waals surface area contributed by atoms with Gasteiger partial charge in [0.25, 0.3) is 6.01 Å². The Kier molecular flexibility index (Phi) is 2.68. The second-order valence-corrected chi connectivity index (χ2v) is 4.69. The van der Waals surface area contributed by atoms with Crippen molar-refractivity contribution in [3.05, 3.63) is 16.6 Å². The summed E-state index contributed by atoms with van der Waals surface area (Å²) >= 11 is 3.38. The van der Waals surface area contributed by atoms with Gasteiger partial charge in [-0.25, -0.2) is 0 Å². The number of ether oxygens (including phenoxy) is 1. The SMILES string of the molecule is Oc1ccc(Br)c2oc(N3CCOCC3)nc12. The first kappa shape index (κ1) is 10.9. The maximum Gasteiger partial charge on any atom is 0.298 e. The number of morpholine rings is 1. The van der Waals surface area contributed by atoms with Crippen LogP contribution in [0.1, 0.15) is 0 Å². The Morgan fingerprint density at radius 1 is 1.29 bits per heavy atom. The van der Waals surface area contributed by atoms with Crippen LogP contribution in [0.25, 0.3) is 11.1 Å². The number of aromatic nitrogens is 1. The molecule has 1 aliphatic rings. The third-order valence-electron chi connectivity index (χ3n) is 2.74. The lowest BCUT2D eigenvalue weighted by atomic mass is 10.3. The van der Waals surface area contributed by atoms with E-state index >= 15 is 0 Å². The molecule has 1 aromatic heterocycles. The van der Waals surface area contributed by atoms with Gasteiger partial charge in [0.15, 0.2) is 11.1 Å². The highest BCUT2D eigenvalue weighted by Crippen LogP contribution is 2.33. The monoisotopic (exact) mass is 298 g/mol. The van der Waals surface area contributed by atoms with E-state index in [9.17, 15) is 5.11 Å². The van der Waals surface area contributed by atoms with Crippen LogP contribution in [0.4, 0.5) is 6.01 Å². The Morgan fingerprint density at radius 2 is 2.06 bits per heavy atom. The van der Waals surface area contributed by atoms with Gasteiger partial charge < -0.3 is 19.2 Å². The van der Waals surface area contributed by atoms with Crippen molar-refractivity contribution in [2.75, 3.05) is 31.2 Å². The quantitative estimate of drug-likeness (QED) is 0.874. The predicted molar refractivity (Wildman–Crippen MR) is 66.4 cm³/mol. The van der Waals surface area contributed by atoms with Crippen LogP contribution in [0.5, 0.6) is 5.75 Å². The van der Waals surface area contributed by atoms with Crippen LogP contribution in [-0.2, 0) is 4.74 Å². The van der Waals surface area contributed by atoms with Gasteiger partial charge in [-0.15, -0.1) is 0 Å². The standard InChI is InChI=1S/C11H11BrN2O3/c12-7-1-2-8(15)9-10(7)17-11(13-9)14-3-5-16-6-4-14/h1-2,15H,3-6H2. The lowest BCUT2D eigenvalue weighted by Crippen LogP contribution is -2.36. The molecule has 3 rings (SSSR count). The number of hydrogen-bond acceptors (Lipinski definition) is 5. The van der Waals surface area contributed by atoms with Gasteiger partial charge in [-0.2, -0.15) is 4.98 Å². The topological polar surface area (TPSA) is 58.7 Å². The van der Waals surface area contributed by atoms with Crippen molar-refractivity contribution in [3.63, 3.8) is 0 Å². The van der Waals surface area contributed by atoms with E-state index in [1.807, 2.05) is 4.90 Å². The molecule has 6 heteroatoms. The maximum atomic E-state index is 9.72. The van der Waals surface area contributed by atoms with E-state index in [2.05, 4.69) is 20.9 Å². The van der Waals surface area contributed by atoms with Gasteiger partial charge in [0.1, 0.15) is 5.75 Å². The zero-order valence-electron chi connectivity index (χ0n) is 9.02. The van der Waals surface area contributed by atoms with E-state index in [-0.39, 0.29) is 5.75 Å². The molecule has 0 unspecified atom stereocenters.